The molecule has 0 saturated carbocycles. The molecule has 1 atom stereocenters. The molecule has 0 aromatic carbocycles. The van der Waals surface area contributed by atoms with Crippen molar-refractivity contribution in [2.45, 2.75) is 32.7 Å². The third-order valence-electron chi connectivity index (χ3n) is 2.13. The van der Waals surface area contributed by atoms with Crippen molar-refractivity contribution in [1.29, 1.82) is 0 Å². The van der Waals surface area contributed by atoms with Gasteiger partial charge in [-0.15, -0.1) is 0 Å². The summed E-state index contributed by atoms with van der Waals surface area (Å²) in [7, 11) is 0. The Morgan fingerprint density at radius 3 is 3.00 bits per heavy atom. The van der Waals surface area contributed by atoms with Gasteiger partial charge >= 0.3 is 0 Å². The number of amides is 1. The van der Waals surface area contributed by atoms with Crippen LogP contribution in [0.4, 0.5) is 0 Å². The largest absolute Gasteiger partial charge is 0.448 e. The van der Waals surface area contributed by atoms with Crippen LogP contribution in [0.2, 0.25) is 0 Å². The van der Waals surface area contributed by atoms with Crippen molar-refractivity contribution in [3.05, 3.63) is 17.8 Å². The third kappa shape index (κ3) is 3.36. The Balaban J connectivity index is 2.46. The number of hydrogen-bond donors (Lipinski definition) is 2. The molecule has 0 aliphatic carbocycles. The van der Waals surface area contributed by atoms with Gasteiger partial charge in [-0.05, 0) is 26.7 Å². The van der Waals surface area contributed by atoms with Crippen molar-refractivity contribution < 1.29 is 14.3 Å². The van der Waals surface area contributed by atoms with Gasteiger partial charge in [0.2, 0.25) is 0 Å². The molecule has 5 nitrogen and oxygen atoms in total. The summed E-state index contributed by atoms with van der Waals surface area (Å²) in [5, 5.41) is 11.4. The number of carbonyl (C=O) groups excluding carboxylic acids is 1. The summed E-state index contributed by atoms with van der Waals surface area (Å²) in [5.41, 5.74) is 0.325. The third-order valence-corrected chi connectivity index (χ3v) is 2.13. The second kappa shape index (κ2) is 5.50. The highest BCUT2D eigenvalue weighted by Crippen LogP contribution is 2.05. The predicted molar refractivity (Wildman–Crippen MR) is 54.5 cm³/mol. The maximum absolute atomic E-state index is 11.6. The SMILES string of the molecule is Cc1ocnc1C(=O)NC(C)CCCO. The van der Waals surface area contributed by atoms with Gasteiger partial charge in [-0.2, -0.15) is 0 Å². The standard InChI is InChI=1S/C10H16N2O3/c1-7(4-3-5-13)12-10(14)9-8(2)15-6-11-9/h6-7,13H,3-5H2,1-2H3,(H,12,14). The van der Waals surface area contributed by atoms with E-state index in [-0.39, 0.29) is 18.6 Å². The Morgan fingerprint density at radius 1 is 1.73 bits per heavy atom. The molecule has 0 bridgehead atoms. The molecule has 84 valence electrons. The van der Waals surface area contributed by atoms with Gasteiger partial charge in [0.1, 0.15) is 5.76 Å². The van der Waals surface area contributed by atoms with Crippen LogP contribution in [0, 0.1) is 6.92 Å². The van der Waals surface area contributed by atoms with Crippen LogP contribution < -0.4 is 5.32 Å². The highest BCUT2D eigenvalue weighted by Gasteiger charge is 2.15. The fourth-order valence-corrected chi connectivity index (χ4v) is 1.29. The molecule has 0 aliphatic rings. The molecule has 1 amide bonds. The predicted octanol–water partition coefficient (Wildman–Crippen LogP) is 0.874. The number of aliphatic hydroxyl groups is 1. The summed E-state index contributed by atoms with van der Waals surface area (Å²) >= 11 is 0. The highest BCUT2D eigenvalue weighted by molar-refractivity contribution is 5.93. The maximum atomic E-state index is 11.6. The lowest BCUT2D eigenvalue weighted by atomic mass is 10.2. The van der Waals surface area contributed by atoms with E-state index in [1.165, 1.54) is 6.39 Å². The number of aliphatic hydroxyl groups excluding tert-OH is 1. The van der Waals surface area contributed by atoms with E-state index in [0.717, 1.165) is 6.42 Å². The smallest absolute Gasteiger partial charge is 0.273 e. The molecule has 0 fully saturated rings. The summed E-state index contributed by atoms with van der Waals surface area (Å²) in [6.07, 6.45) is 2.68. The van der Waals surface area contributed by atoms with E-state index in [4.69, 9.17) is 9.52 Å². The van der Waals surface area contributed by atoms with Gasteiger partial charge in [-0.25, -0.2) is 4.98 Å². The Kier molecular flexibility index (Phi) is 4.30. The van der Waals surface area contributed by atoms with E-state index >= 15 is 0 Å². The van der Waals surface area contributed by atoms with Crippen molar-refractivity contribution in [1.82, 2.24) is 10.3 Å². The first-order chi connectivity index (χ1) is 7.15. The summed E-state index contributed by atoms with van der Waals surface area (Å²) in [4.78, 5) is 15.4. The monoisotopic (exact) mass is 212 g/mol. The molecular weight excluding hydrogens is 196 g/mol. The van der Waals surface area contributed by atoms with Crippen molar-refractivity contribution in [3.63, 3.8) is 0 Å². The van der Waals surface area contributed by atoms with Gasteiger partial charge in [0.15, 0.2) is 12.1 Å². The average Bonchev–Trinajstić information content (AvgIpc) is 2.61. The average molecular weight is 212 g/mol. The molecule has 0 saturated heterocycles. The molecule has 1 rings (SSSR count). The quantitative estimate of drug-likeness (QED) is 0.759. The zero-order valence-electron chi connectivity index (χ0n) is 8.99. The van der Waals surface area contributed by atoms with E-state index in [1.807, 2.05) is 6.92 Å². The van der Waals surface area contributed by atoms with Crippen molar-refractivity contribution in [2.75, 3.05) is 6.61 Å². The number of oxazole rings is 1. The fourth-order valence-electron chi connectivity index (χ4n) is 1.29. The first kappa shape index (κ1) is 11.7. The Bertz CT molecular complexity index is 322. The maximum Gasteiger partial charge on any atom is 0.273 e. The molecule has 1 unspecified atom stereocenters. The van der Waals surface area contributed by atoms with Crippen LogP contribution in [0.5, 0.6) is 0 Å². The summed E-state index contributed by atoms with van der Waals surface area (Å²) in [6.45, 7) is 3.73. The first-order valence-electron chi connectivity index (χ1n) is 4.97. The van der Waals surface area contributed by atoms with Crippen LogP contribution in [-0.2, 0) is 0 Å². The van der Waals surface area contributed by atoms with E-state index in [1.54, 1.807) is 6.92 Å². The Labute approximate surface area is 88.5 Å². The van der Waals surface area contributed by atoms with Crippen molar-refractivity contribution in [2.24, 2.45) is 0 Å². The van der Waals surface area contributed by atoms with E-state index in [9.17, 15) is 4.79 Å². The lowest BCUT2D eigenvalue weighted by Gasteiger charge is -2.11. The number of hydrogen-bond acceptors (Lipinski definition) is 4. The molecule has 0 radical (unpaired) electrons. The topological polar surface area (TPSA) is 75.4 Å². The van der Waals surface area contributed by atoms with Crippen LogP contribution >= 0.6 is 0 Å². The first-order valence-corrected chi connectivity index (χ1v) is 4.97. The number of aromatic nitrogens is 1. The number of rotatable bonds is 5. The van der Waals surface area contributed by atoms with Crippen molar-refractivity contribution >= 4 is 5.91 Å². The molecule has 1 heterocycles. The zero-order chi connectivity index (χ0) is 11.3. The molecule has 15 heavy (non-hydrogen) atoms. The minimum atomic E-state index is -0.230. The summed E-state index contributed by atoms with van der Waals surface area (Å²) in [5.74, 6) is 0.286. The molecular formula is C10H16N2O3. The van der Waals surface area contributed by atoms with Crippen LogP contribution in [0.25, 0.3) is 0 Å². The van der Waals surface area contributed by atoms with E-state index < -0.39 is 0 Å². The molecule has 2 N–H and O–H groups in total. The number of aryl methyl sites for hydroxylation is 1. The van der Waals surface area contributed by atoms with Gasteiger partial charge in [-0.1, -0.05) is 0 Å². The molecule has 0 aliphatic heterocycles. The van der Waals surface area contributed by atoms with Gasteiger partial charge in [0.05, 0.1) is 0 Å². The van der Waals surface area contributed by atoms with Crippen LogP contribution in [0.1, 0.15) is 36.0 Å². The normalized spacial score (nSPS) is 12.5. The molecule has 1 aromatic heterocycles. The Morgan fingerprint density at radius 2 is 2.47 bits per heavy atom. The minimum Gasteiger partial charge on any atom is -0.448 e. The van der Waals surface area contributed by atoms with Gasteiger partial charge < -0.3 is 14.8 Å². The summed E-state index contributed by atoms with van der Waals surface area (Å²) < 4.78 is 4.94. The number of nitrogens with one attached hydrogen (secondary N) is 1. The van der Waals surface area contributed by atoms with Gasteiger partial charge in [0, 0.05) is 12.6 Å². The highest BCUT2D eigenvalue weighted by atomic mass is 16.3. The zero-order valence-corrected chi connectivity index (χ0v) is 8.99. The van der Waals surface area contributed by atoms with E-state index in [2.05, 4.69) is 10.3 Å². The number of carbonyl (C=O) groups is 1. The van der Waals surface area contributed by atoms with Crippen LogP contribution in [-0.4, -0.2) is 28.6 Å². The summed E-state index contributed by atoms with van der Waals surface area (Å²) in [6, 6.07) is 0.0285. The molecule has 1 aromatic rings. The second-order valence-electron chi connectivity index (χ2n) is 3.50. The van der Waals surface area contributed by atoms with Gasteiger partial charge in [0.25, 0.3) is 5.91 Å². The lowest BCUT2D eigenvalue weighted by molar-refractivity contribution is 0.0930. The lowest BCUT2D eigenvalue weighted by Crippen LogP contribution is -2.33. The van der Waals surface area contributed by atoms with Crippen LogP contribution in [0.15, 0.2) is 10.8 Å². The Hall–Kier alpha value is -1.36. The second-order valence-corrected chi connectivity index (χ2v) is 3.50. The molecule has 0 spiro atoms. The number of nitrogens with zero attached hydrogens (tertiary/aromatic N) is 1. The van der Waals surface area contributed by atoms with Gasteiger partial charge in [-0.3, -0.25) is 4.79 Å². The van der Waals surface area contributed by atoms with E-state index in [0.29, 0.717) is 17.9 Å². The van der Waals surface area contributed by atoms with Crippen molar-refractivity contribution in [3.8, 4) is 0 Å². The molecule has 5 heteroatoms. The van der Waals surface area contributed by atoms with Crippen LogP contribution in [0.3, 0.4) is 0 Å². The fraction of sp³-hybridized carbons (Fsp3) is 0.600. The minimum absolute atomic E-state index is 0.0285.